The van der Waals surface area contributed by atoms with Crippen LogP contribution in [0.4, 0.5) is 17.2 Å². The van der Waals surface area contributed by atoms with E-state index in [0.29, 0.717) is 46.3 Å². The van der Waals surface area contributed by atoms with Crippen molar-refractivity contribution in [1.29, 1.82) is 0 Å². The zero-order chi connectivity index (χ0) is 38.5. The number of likely N-dealkylation sites (tertiary alicyclic amines) is 1. The summed E-state index contributed by atoms with van der Waals surface area (Å²) in [6.45, 7) is 11.3. The number of nitrogens with one attached hydrogen (secondary N) is 2. The standard InChI is InChI=1S/C42H51N9O5/c1-26-24-47(17-15-32(26)49-20-21-50-28(25-49)23-43-39-35(50)22-31(45-46-39)29-7-2-3-10-36(29)52)16-5-6-27-13-18-48(19-14-27)33-9-4-8-30-38(33)42(56)51(41(30)55)34-11-12-37(53)44-40(34)54/h2-4,7-10,22,26-28,32,34,52H,5-6,11-21,23-25H2,1H3,(H,43,46)(H,44,53,54)/t26?,28-,32?,34?/m0/s1. The van der Waals surface area contributed by atoms with E-state index < -0.39 is 23.8 Å². The van der Waals surface area contributed by atoms with Gasteiger partial charge < -0.3 is 25.1 Å². The first kappa shape index (κ1) is 36.6. The summed E-state index contributed by atoms with van der Waals surface area (Å²) in [5.74, 6) is 0.386. The number of aromatic hydroxyl groups is 1. The number of imide groups is 2. The van der Waals surface area contributed by atoms with E-state index in [1.807, 2.05) is 30.3 Å². The molecule has 0 saturated carbocycles. The molecule has 6 aliphatic rings. The number of piperidine rings is 3. The molecular weight excluding hydrogens is 711 g/mol. The van der Waals surface area contributed by atoms with Crippen LogP contribution in [0.1, 0.15) is 72.6 Å². The largest absolute Gasteiger partial charge is 0.507 e. The molecule has 4 saturated heterocycles. The average molecular weight is 762 g/mol. The molecular formula is C42H51N9O5. The van der Waals surface area contributed by atoms with Gasteiger partial charge in [0.25, 0.3) is 11.8 Å². The van der Waals surface area contributed by atoms with Gasteiger partial charge in [-0.2, -0.15) is 0 Å². The smallest absolute Gasteiger partial charge is 0.264 e. The van der Waals surface area contributed by atoms with Gasteiger partial charge in [-0.3, -0.25) is 34.3 Å². The van der Waals surface area contributed by atoms with Gasteiger partial charge >= 0.3 is 0 Å². The number of para-hydroxylation sites is 1. The minimum atomic E-state index is -0.958. The van der Waals surface area contributed by atoms with Crippen LogP contribution in [-0.2, 0) is 9.59 Å². The summed E-state index contributed by atoms with van der Waals surface area (Å²) in [5.41, 5.74) is 3.94. The Morgan fingerprint density at radius 3 is 2.46 bits per heavy atom. The number of fused-ring (bicyclic) bond motifs is 4. The number of phenols is 1. The molecule has 14 nitrogen and oxygen atoms in total. The zero-order valence-electron chi connectivity index (χ0n) is 32.0. The van der Waals surface area contributed by atoms with E-state index in [4.69, 9.17) is 0 Å². The Balaban J connectivity index is 0.737. The van der Waals surface area contributed by atoms with Crippen molar-refractivity contribution in [1.82, 2.24) is 30.2 Å². The van der Waals surface area contributed by atoms with E-state index in [9.17, 15) is 24.3 Å². The van der Waals surface area contributed by atoms with E-state index in [1.54, 1.807) is 12.1 Å². The summed E-state index contributed by atoms with van der Waals surface area (Å²) < 4.78 is 0. The lowest BCUT2D eigenvalue weighted by atomic mass is 9.89. The van der Waals surface area contributed by atoms with Crippen molar-refractivity contribution < 1.29 is 24.3 Å². The Morgan fingerprint density at radius 2 is 1.66 bits per heavy atom. The van der Waals surface area contributed by atoms with Gasteiger partial charge in [0.15, 0.2) is 5.82 Å². The number of benzene rings is 2. The lowest BCUT2D eigenvalue weighted by Gasteiger charge is -2.50. The maximum Gasteiger partial charge on any atom is 0.264 e. The number of carbonyl (C=O) groups excluding carboxylic acids is 4. The van der Waals surface area contributed by atoms with Crippen LogP contribution in [-0.4, -0.2) is 131 Å². The van der Waals surface area contributed by atoms with Crippen LogP contribution in [0.15, 0.2) is 48.5 Å². The van der Waals surface area contributed by atoms with E-state index in [1.165, 1.54) is 19.3 Å². The summed E-state index contributed by atoms with van der Waals surface area (Å²) >= 11 is 0. The predicted octanol–water partition coefficient (Wildman–Crippen LogP) is 3.57. The van der Waals surface area contributed by atoms with E-state index in [-0.39, 0.29) is 24.5 Å². The minimum Gasteiger partial charge on any atom is -0.507 e. The van der Waals surface area contributed by atoms with Crippen LogP contribution in [0.5, 0.6) is 5.75 Å². The number of piperazine rings is 1. The number of nitrogens with zero attached hydrogens (tertiary/aromatic N) is 7. The van der Waals surface area contributed by atoms with Crippen molar-refractivity contribution in [3.63, 3.8) is 0 Å². The summed E-state index contributed by atoms with van der Waals surface area (Å²) in [4.78, 5) is 62.4. The fourth-order valence-electron chi connectivity index (χ4n) is 10.2. The van der Waals surface area contributed by atoms with Gasteiger partial charge in [0.05, 0.1) is 34.2 Å². The third-order valence-electron chi connectivity index (χ3n) is 13.2. The van der Waals surface area contributed by atoms with Gasteiger partial charge in [-0.05, 0) is 93.8 Å². The van der Waals surface area contributed by atoms with Crippen LogP contribution < -0.4 is 20.4 Å². The maximum atomic E-state index is 13.6. The average Bonchev–Trinajstić information content (AvgIpc) is 3.46. The summed E-state index contributed by atoms with van der Waals surface area (Å²) in [6.07, 6.45) is 5.88. The lowest BCUT2D eigenvalue weighted by Crippen LogP contribution is -2.62. The van der Waals surface area contributed by atoms with Crippen molar-refractivity contribution in [3.8, 4) is 17.0 Å². The highest BCUT2D eigenvalue weighted by Crippen LogP contribution is 2.39. The molecule has 4 amide bonds. The molecule has 6 aliphatic heterocycles. The minimum absolute atomic E-state index is 0.107. The lowest BCUT2D eigenvalue weighted by molar-refractivity contribution is -0.136. The highest BCUT2D eigenvalue weighted by atomic mass is 16.3. The summed E-state index contributed by atoms with van der Waals surface area (Å²) in [5, 5.41) is 25.1. The Kier molecular flexibility index (Phi) is 9.86. The van der Waals surface area contributed by atoms with Crippen molar-refractivity contribution in [2.24, 2.45) is 11.8 Å². The molecule has 3 aromatic rings. The molecule has 14 heteroatoms. The number of amides is 4. The normalized spacial score (nSPS) is 26.1. The molecule has 9 rings (SSSR count). The molecule has 0 aliphatic carbocycles. The molecule has 0 bridgehead atoms. The molecule has 0 spiro atoms. The van der Waals surface area contributed by atoms with Crippen LogP contribution >= 0.6 is 0 Å². The number of phenolic OH excluding ortho intramolecular Hbond substituents is 1. The van der Waals surface area contributed by atoms with Gasteiger partial charge in [-0.15, -0.1) is 10.2 Å². The quantitative estimate of drug-likeness (QED) is 0.288. The number of anilines is 3. The van der Waals surface area contributed by atoms with Gasteiger partial charge in [0.2, 0.25) is 11.8 Å². The molecule has 0 radical (unpaired) electrons. The van der Waals surface area contributed by atoms with Crippen molar-refractivity contribution in [2.45, 2.75) is 70.0 Å². The number of carbonyl (C=O) groups is 4. The van der Waals surface area contributed by atoms with Crippen LogP contribution in [0.2, 0.25) is 0 Å². The first-order chi connectivity index (χ1) is 27.2. The summed E-state index contributed by atoms with van der Waals surface area (Å²) in [6, 6.07) is 14.7. The highest BCUT2D eigenvalue weighted by Gasteiger charge is 2.46. The zero-order valence-corrected chi connectivity index (χ0v) is 32.0. The van der Waals surface area contributed by atoms with Gasteiger partial charge in [-0.25, -0.2) is 0 Å². The maximum absolute atomic E-state index is 13.6. The second kappa shape index (κ2) is 15.1. The fourth-order valence-corrected chi connectivity index (χ4v) is 10.2. The second-order valence-corrected chi connectivity index (χ2v) is 16.6. The molecule has 1 aromatic heterocycles. The van der Waals surface area contributed by atoms with Gasteiger partial charge in [0, 0.05) is 63.8 Å². The number of aromatic nitrogens is 2. The molecule has 294 valence electrons. The Morgan fingerprint density at radius 1 is 0.839 bits per heavy atom. The topological polar surface area (TPSA) is 155 Å². The molecule has 3 N–H and O–H groups in total. The first-order valence-corrected chi connectivity index (χ1v) is 20.5. The SMILES string of the molecule is CC1CN(CCCC2CCN(c3cccc4c3C(=O)N(C3CCC(=O)NC3=O)C4=O)CC2)CCC1N1CCN2c3cc(-c4ccccc4O)nnc3NC[C@H]2C1. The van der Waals surface area contributed by atoms with Crippen molar-refractivity contribution in [3.05, 3.63) is 59.7 Å². The number of hydrogen-bond acceptors (Lipinski definition) is 12. The van der Waals surface area contributed by atoms with E-state index in [2.05, 4.69) is 53.4 Å². The third-order valence-corrected chi connectivity index (χ3v) is 13.2. The Bertz CT molecular complexity index is 2030. The monoisotopic (exact) mass is 761 g/mol. The highest BCUT2D eigenvalue weighted by molar-refractivity contribution is 6.25. The molecule has 2 aromatic carbocycles. The molecule has 4 fully saturated rings. The number of hydrogen-bond donors (Lipinski definition) is 3. The van der Waals surface area contributed by atoms with E-state index >= 15 is 0 Å². The van der Waals surface area contributed by atoms with Crippen LogP contribution in [0, 0.1) is 11.8 Å². The Hall–Kier alpha value is -5.08. The van der Waals surface area contributed by atoms with Gasteiger partial charge in [-0.1, -0.05) is 25.1 Å². The first-order valence-electron chi connectivity index (χ1n) is 20.5. The van der Waals surface area contributed by atoms with Crippen LogP contribution in [0.3, 0.4) is 0 Å². The summed E-state index contributed by atoms with van der Waals surface area (Å²) in [7, 11) is 0. The number of rotatable bonds is 8. The van der Waals surface area contributed by atoms with Crippen molar-refractivity contribution in [2.75, 3.05) is 74.0 Å². The molecule has 4 atom stereocenters. The molecule has 3 unspecified atom stereocenters. The Labute approximate surface area is 327 Å². The fraction of sp³-hybridized carbons (Fsp3) is 0.524. The molecule has 56 heavy (non-hydrogen) atoms. The predicted molar refractivity (Wildman–Crippen MR) is 212 cm³/mol. The third kappa shape index (κ3) is 6.76. The van der Waals surface area contributed by atoms with E-state index in [0.717, 1.165) is 93.8 Å². The van der Waals surface area contributed by atoms with Gasteiger partial charge in [0.1, 0.15) is 11.8 Å². The second-order valence-electron chi connectivity index (χ2n) is 16.6. The van der Waals surface area contributed by atoms with Crippen molar-refractivity contribution >= 4 is 40.8 Å². The molecule has 7 heterocycles. The van der Waals surface area contributed by atoms with Crippen LogP contribution in [0.25, 0.3) is 11.3 Å².